The Balaban J connectivity index is 2.47. The lowest BCUT2D eigenvalue weighted by Gasteiger charge is -2.15. The molecule has 0 fully saturated rings. The monoisotopic (exact) mass is 423 g/mol. The van der Waals surface area contributed by atoms with Gasteiger partial charge in [-0.25, -0.2) is 9.07 Å². The molecular formula is C12H12BrFIN3. The molecule has 2 aromatic rings. The zero-order chi connectivity index (χ0) is 13.4. The first-order chi connectivity index (χ1) is 8.41. The Morgan fingerprint density at radius 2 is 2.17 bits per heavy atom. The molecule has 3 nitrogen and oxygen atoms in total. The van der Waals surface area contributed by atoms with Gasteiger partial charge in [-0.05, 0) is 48.6 Å². The lowest BCUT2D eigenvalue weighted by atomic mass is 10.1. The van der Waals surface area contributed by atoms with Gasteiger partial charge in [-0.15, -0.1) is 0 Å². The number of rotatable bonds is 2. The van der Waals surface area contributed by atoms with Crippen LogP contribution >= 0.6 is 38.5 Å². The zero-order valence-corrected chi connectivity index (χ0v) is 13.7. The maximum atomic E-state index is 13.9. The number of anilines is 1. The SMILES string of the molecule is Cc1nn(C(C)c2ccc(Br)cc2F)c(N)c1I. The second-order valence-electron chi connectivity index (χ2n) is 4.07. The molecule has 2 rings (SSSR count). The molecule has 6 heteroatoms. The molecule has 0 aliphatic heterocycles. The molecule has 1 unspecified atom stereocenters. The van der Waals surface area contributed by atoms with Crippen LogP contribution in [0.3, 0.4) is 0 Å². The Labute approximate surface area is 127 Å². The molecule has 0 spiro atoms. The molecule has 1 heterocycles. The number of hydrogen-bond donors (Lipinski definition) is 1. The van der Waals surface area contributed by atoms with Crippen molar-refractivity contribution in [2.45, 2.75) is 19.9 Å². The molecule has 0 saturated carbocycles. The summed E-state index contributed by atoms with van der Waals surface area (Å²) in [6, 6.07) is 4.77. The van der Waals surface area contributed by atoms with Gasteiger partial charge in [0.1, 0.15) is 11.6 Å². The van der Waals surface area contributed by atoms with Crippen molar-refractivity contribution in [3.05, 3.63) is 43.3 Å². The van der Waals surface area contributed by atoms with Crippen LogP contribution in [-0.2, 0) is 0 Å². The van der Waals surface area contributed by atoms with Gasteiger partial charge in [0.15, 0.2) is 0 Å². The molecule has 2 N–H and O–H groups in total. The molecule has 0 aliphatic rings. The Morgan fingerprint density at radius 3 is 2.67 bits per heavy atom. The quantitative estimate of drug-likeness (QED) is 0.744. The smallest absolute Gasteiger partial charge is 0.136 e. The van der Waals surface area contributed by atoms with Crippen LogP contribution in [0.15, 0.2) is 22.7 Å². The number of nitrogens with two attached hydrogens (primary N) is 1. The average molecular weight is 424 g/mol. The van der Waals surface area contributed by atoms with Crippen molar-refractivity contribution in [1.82, 2.24) is 9.78 Å². The highest BCUT2D eigenvalue weighted by Crippen LogP contribution is 2.28. The molecule has 0 bridgehead atoms. The third-order valence-electron chi connectivity index (χ3n) is 2.83. The van der Waals surface area contributed by atoms with Gasteiger partial charge >= 0.3 is 0 Å². The van der Waals surface area contributed by atoms with Gasteiger partial charge < -0.3 is 5.73 Å². The Bertz CT molecular complexity index is 597. The molecule has 0 aliphatic carbocycles. The van der Waals surface area contributed by atoms with Crippen molar-refractivity contribution in [3.8, 4) is 0 Å². The zero-order valence-electron chi connectivity index (χ0n) is 9.92. The number of aromatic nitrogens is 2. The largest absolute Gasteiger partial charge is 0.383 e. The third kappa shape index (κ3) is 2.40. The number of nitrogen functional groups attached to an aromatic ring is 1. The average Bonchev–Trinajstić information content (AvgIpc) is 2.56. The summed E-state index contributed by atoms with van der Waals surface area (Å²) in [5, 5.41) is 4.36. The number of aryl methyl sites for hydroxylation is 1. The van der Waals surface area contributed by atoms with E-state index in [-0.39, 0.29) is 11.9 Å². The van der Waals surface area contributed by atoms with Crippen molar-refractivity contribution in [1.29, 1.82) is 0 Å². The van der Waals surface area contributed by atoms with Crippen molar-refractivity contribution in [2.24, 2.45) is 0 Å². The number of hydrogen-bond acceptors (Lipinski definition) is 2. The van der Waals surface area contributed by atoms with Crippen LogP contribution in [0.5, 0.6) is 0 Å². The molecule has 1 atom stereocenters. The van der Waals surface area contributed by atoms with E-state index >= 15 is 0 Å². The van der Waals surface area contributed by atoms with Crippen molar-refractivity contribution >= 4 is 44.3 Å². The van der Waals surface area contributed by atoms with E-state index in [2.05, 4.69) is 43.6 Å². The summed E-state index contributed by atoms with van der Waals surface area (Å²) in [6.07, 6.45) is 0. The summed E-state index contributed by atoms with van der Waals surface area (Å²) in [4.78, 5) is 0. The van der Waals surface area contributed by atoms with E-state index in [1.165, 1.54) is 6.07 Å². The first-order valence-electron chi connectivity index (χ1n) is 5.37. The van der Waals surface area contributed by atoms with Gasteiger partial charge in [-0.2, -0.15) is 5.10 Å². The highest BCUT2D eigenvalue weighted by molar-refractivity contribution is 14.1. The van der Waals surface area contributed by atoms with Crippen LogP contribution in [-0.4, -0.2) is 9.78 Å². The van der Waals surface area contributed by atoms with E-state index in [1.54, 1.807) is 10.7 Å². The topological polar surface area (TPSA) is 43.8 Å². The van der Waals surface area contributed by atoms with E-state index in [4.69, 9.17) is 5.73 Å². The van der Waals surface area contributed by atoms with Crippen LogP contribution in [0.2, 0.25) is 0 Å². The van der Waals surface area contributed by atoms with Crippen LogP contribution in [0.25, 0.3) is 0 Å². The molecule has 18 heavy (non-hydrogen) atoms. The maximum Gasteiger partial charge on any atom is 0.136 e. The normalized spacial score (nSPS) is 12.7. The van der Waals surface area contributed by atoms with E-state index in [0.29, 0.717) is 11.4 Å². The molecule has 0 saturated heterocycles. The van der Waals surface area contributed by atoms with E-state index in [9.17, 15) is 4.39 Å². The highest BCUT2D eigenvalue weighted by atomic mass is 127. The summed E-state index contributed by atoms with van der Waals surface area (Å²) in [6.45, 7) is 3.77. The minimum absolute atomic E-state index is 0.236. The van der Waals surface area contributed by atoms with Crippen molar-refractivity contribution < 1.29 is 4.39 Å². The number of nitrogens with zero attached hydrogens (tertiary/aromatic N) is 2. The van der Waals surface area contributed by atoms with Crippen LogP contribution in [0, 0.1) is 16.3 Å². The minimum atomic E-state index is -0.264. The third-order valence-corrected chi connectivity index (χ3v) is 4.65. The lowest BCUT2D eigenvalue weighted by molar-refractivity contribution is 0.524. The van der Waals surface area contributed by atoms with Gasteiger partial charge in [-0.3, -0.25) is 0 Å². The van der Waals surface area contributed by atoms with E-state index in [0.717, 1.165) is 13.7 Å². The fourth-order valence-corrected chi connectivity index (χ4v) is 2.50. The van der Waals surface area contributed by atoms with E-state index in [1.807, 2.05) is 19.9 Å². The molecule has 1 aromatic carbocycles. The van der Waals surface area contributed by atoms with Crippen LogP contribution in [0.1, 0.15) is 24.2 Å². The fraction of sp³-hybridized carbons (Fsp3) is 0.250. The minimum Gasteiger partial charge on any atom is -0.383 e. The first-order valence-corrected chi connectivity index (χ1v) is 7.24. The predicted molar refractivity (Wildman–Crippen MR) is 82.0 cm³/mol. The Kier molecular flexibility index (Phi) is 3.96. The van der Waals surface area contributed by atoms with Crippen molar-refractivity contribution in [3.63, 3.8) is 0 Å². The maximum absolute atomic E-state index is 13.9. The molecule has 0 radical (unpaired) electrons. The van der Waals surface area contributed by atoms with Gasteiger partial charge in [0.05, 0.1) is 15.3 Å². The van der Waals surface area contributed by atoms with Gasteiger partial charge in [0, 0.05) is 10.0 Å². The van der Waals surface area contributed by atoms with Gasteiger partial charge in [-0.1, -0.05) is 22.0 Å². The summed E-state index contributed by atoms with van der Waals surface area (Å²) >= 11 is 5.39. The second-order valence-corrected chi connectivity index (χ2v) is 6.07. The Morgan fingerprint density at radius 1 is 1.50 bits per heavy atom. The Hall–Kier alpha value is -0.630. The summed E-state index contributed by atoms with van der Waals surface area (Å²) < 4.78 is 17.2. The molecule has 0 amide bonds. The first kappa shape index (κ1) is 13.8. The number of halogens is 3. The standard InChI is InChI=1S/C12H12BrFIN3/c1-6-11(15)12(16)18(17-6)7(2)9-4-3-8(13)5-10(9)14/h3-5,7H,16H2,1-2H3. The summed E-state index contributed by atoms with van der Waals surface area (Å²) in [7, 11) is 0. The molecule has 1 aromatic heterocycles. The van der Waals surface area contributed by atoms with Crippen molar-refractivity contribution in [2.75, 3.05) is 5.73 Å². The number of benzene rings is 1. The highest BCUT2D eigenvalue weighted by Gasteiger charge is 2.18. The molecule has 96 valence electrons. The van der Waals surface area contributed by atoms with E-state index < -0.39 is 0 Å². The summed E-state index contributed by atoms with van der Waals surface area (Å²) in [5.41, 5.74) is 7.41. The van der Waals surface area contributed by atoms with Crippen LogP contribution in [0.4, 0.5) is 10.2 Å². The molecular weight excluding hydrogens is 412 g/mol. The second kappa shape index (κ2) is 5.16. The fourth-order valence-electron chi connectivity index (χ4n) is 1.81. The summed E-state index contributed by atoms with van der Waals surface area (Å²) in [5.74, 6) is 0.308. The van der Waals surface area contributed by atoms with Gasteiger partial charge in [0.25, 0.3) is 0 Å². The predicted octanol–water partition coefficient (Wildman–Crippen LogP) is 3.89. The lowest BCUT2D eigenvalue weighted by Crippen LogP contribution is -2.13. The van der Waals surface area contributed by atoms with Gasteiger partial charge in [0.2, 0.25) is 0 Å². The van der Waals surface area contributed by atoms with Crippen LogP contribution < -0.4 is 5.73 Å².